The first-order chi connectivity index (χ1) is 12.0. The number of carbonyl (C=O) groups excluding carboxylic acids is 1. The van der Waals surface area contributed by atoms with E-state index in [4.69, 9.17) is 9.47 Å². The fraction of sp³-hybridized carbons (Fsp3) is 0.562. The normalized spacial score (nSPS) is 22.0. The molecule has 2 aliphatic rings. The van der Waals surface area contributed by atoms with Crippen LogP contribution in [0.4, 0.5) is 16.2 Å². The molecule has 2 fully saturated rings. The van der Waals surface area contributed by atoms with Gasteiger partial charge < -0.3 is 20.1 Å². The van der Waals surface area contributed by atoms with Crippen LogP contribution in [0.5, 0.6) is 5.75 Å². The summed E-state index contributed by atoms with van der Waals surface area (Å²) in [5.74, 6) is 0.608. The number of ether oxygens (including phenoxy) is 2. The Morgan fingerprint density at radius 3 is 2.88 bits per heavy atom. The Labute approximate surface area is 147 Å². The molecule has 138 valence electrons. The number of anilines is 2. The van der Waals surface area contributed by atoms with Gasteiger partial charge in [0.1, 0.15) is 5.75 Å². The summed E-state index contributed by atoms with van der Waals surface area (Å²) >= 11 is 0. The van der Waals surface area contributed by atoms with Crippen molar-refractivity contribution in [2.24, 2.45) is 0 Å². The fourth-order valence-electron chi connectivity index (χ4n) is 3.06. The first kappa shape index (κ1) is 17.8. The molecule has 0 bridgehead atoms. The number of amides is 2. The summed E-state index contributed by atoms with van der Waals surface area (Å²) in [6.45, 7) is 1.61. The van der Waals surface area contributed by atoms with Crippen LogP contribution in [0.2, 0.25) is 0 Å². The molecule has 9 heteroatoms. The third kappa shape index (κ3) is 4.16. The molecule has 3 rings (SSSR count). The summed E-state index contributed by atoms with van der Waals surface area (Å²) in [5, 5.41) is 5.49. The molecule has 2 N–H and O–H groups in total. The third-order valence-corrected chi connectivity index (χ3v) is 6.20. The summed E-state index contributed by atoms with van der Waals surface area (Å²) < 4.78 is 36.3. The first-order valence-corrected chi connectivity index (χ1v) is 9.95. The second-order valence-corrected chi connectivity index (χ2v) is 8.11. The molecule has 1 aromatic rings. The van der Waals surface area contributed by atoms with Crippen LogP contribution in [0.1, 0.15) is 19.3 Å². The summed E-state index contributed by atoms with van der Waals surface area (Å²) in [6, 6.07) is 4.57. The lowest BCUT2D eigenvalue weighted by atomic mass is 10.2. The highest BCUT2D eigenvalue weighted by Crippen LogP contribution is 2.32. The molecule has 2 amide bonds. The summed E-state index contributed by atoms with van der Waals surface area (Å²) in [5.41, 5.74) is 0.944. The van der Waals surface area contributed by atoms with Crippen molar-refractivity contribution in [2.75, 3.05) is 42.2 Å². The average Bonchev–Trinajstić information content (AvgIpc) is 3.22. The Kier molecular flexibility index (Phi) is 5.33. The number of carbonyl (C=O) groups is 1. The zero-order valence-electron chi connectivity index (χ0n) is 14.2. The topological polar surface area (TPSA) is 97.0 Å². The summed E-state index contributed by atoms with van der Waals surface area (Å²) in [7, 11) is -1.78. The number of methoxy groups -OCH3 is 1. The van der Waals surface area contributed by atoms with Gasteiger partial charge in [0.2, 0.25) is 10.0 Å². The van der Waals surface area contributed by atoms with E-state index in [1.54, 1.807) is 18.2 Å². The number of sulfonamides is 1. The van der Waals surface area contributed by atoms with Crippen LogP contribution in [-0.4, -0.2) is 53.1 Å². The number of hydrogen-bond donors (Lipinski definition) is 2. The highest BCUT2D eigenvalue weighted by Gasteiger charge is 2.29. The van der Waals surface area contributed by atoms with Crippen molar-refractivity contribution in [1.29, 1.82) is 0 Å². The van der Waals surface area contributed by atoms with E-state index < -0.39 is 10.0 Å². The van der Waals surface area contributed by atoms with Gasteiger partial charge >= 0.3 is 6.03 Å². The predicted molar refractivity (Wildman–Crippen MR) is 94.7 cm³/mol. The fourth-order valence-corrected chi connectivity index (χ4v) is 4.61. The van der Waals surface area contributed by atoms with E-state index in [2.05, 4.69) is 10.6 Å². The summed E-state index contributed by atoms with van der Waals surface area (Å²) in [6.07, 6.45) is 2.59. The van der Waals surface area contributed by atoms with Gasteiger partial charge in [-0.2, -0.15) is 0 Å². The Balaban J connectivity index is 1.70. The number of rotatable bonds is 5. The molecule has 8 nitrogen and oxygen atoms in total. The van der Waals surface area contributed by atoms with Crippen molar-refractivity contribution in [3.05, 3.63) is 18.2 Å². The van der Waals surface area contributed by atoms with E-state index in [1.807, 2.05) is 0 Å². The van der Waals surface area contributed by atoms with Crippen LogP contribution >= 0.6 is 0 Å². The summed E-state index contributed by atoms with van der Waals surface area (Å²) in [4.78, 5) is 12.1. The Hall–Kier alpha value is -2.00. The van der Waals surface area contributed by atoms with Crippen LogP contribution in [0, 0.1) is 0 Å². The molecular weight excluding hydrogens is 346 g/mol. The van der Waals surface area contributed by atoms with E-state index in [1.165, 1.54) is 11.4 Å². The molecule has 1 unspecified atom stereocenters. The van der Waals surface area contributed by atoms with Crippen LogP contribution in [-0.2, 0) is 14.8 Å². The first-order valence-electron chi connectivity index (χ1n) is 8.34. The molecule has 0 aromatic heterocycles. The lowest BCUT2D eigenvalue weighted by Gasteiger charge is -2.19. The van der Waals surface area contributed by atoms with Crippen LogP contribution in [0.3, 0.4) is 0 Å². The number of nitrogens with zero attached hydrogens (tertiary/aromatic N) is 1. The zero-order valence-corrected chi connectivity index (χ0v) is 15.0. The molecule has 0 radical (unpaired) electrons. The van der Waals surface area contributed by atoms with Gasteiger partial charge in [-0.3, -0.25) is 4.31 Å². The van der Waals surface area contributed by atoms with E-state index in [9.17, 15) is 13.2 Å². The molecule has 0 aliphatic carbocycles. The van der Waals surface area contributed by atoms with Gasteiger partial charge in [0.15, 0.2) is 0 Å². The lowest BCUT2D eigenvalue weighted by Crippen LogP contribution is -2.35. The van der Waals surface area contributed by atoms with Crippen molar-refractivity contribution in [3.8, 4) is 5.75 Å². The average molecular weight is 369 g/mol. The number of urea groups is 1. The second kappa shape index (κ2) is 7.49. The van der Waals surface area contributed by atoms with Gasteiger partial charge in [0, 0.05) is 19.7 Å². The standard InChI is InChI=1S/C16H23N3O5S/c1-23-15-6-5-12(19-7-3-9-25(19,21)22)10-14(15)18-16(20)17-11-13-4-2-8-24-13/h5-6,10,13H,2-4,7-9,11H2,1H3,(H2,17,18,20). The maximum atomic E-state index is 12.1. The van der Waals surface area contributed by atoms with Crippen molar-refractivity contribution in [3.63, 3.8) is 0 Å². The third-order valence-electron chi connectivity index (χ3n) is 4.33. The monoisotopic (exact) mass is 369 g/mol. The van der Waals surface area contributed by atoms with Crippen LogP contribution in [0.15, 0.2) is 18.2 Å². The molecule has 1 aromatic carbocycles. The van der Waals surface area contributed by atoms with E-state index in [0.29, 0.717) is 36.6 Å². The zero-order chi connectivity index (χ0) is 17.9. The minimum absolute atomic E-state index is 0.0497. The van der Waals surface area contributed by atoms with E-state index in [0.717, 1.165) is 19.4 Å². The predicted octanol–water partition coefficient (Wildman–Crippen LogP) is 1.54. The van der Waals surface area contributed by atoms with Crippen LogP contribution in [0.25, 0.3) is 0 Å². The van der Waals surface area contributed by atoms with Gasteiger partial charge in [-0.15, -0.1) is 0 Å². The Bertz CT molecular complexity index is 731. The lowest BCUT2D eigenvalue weighted by molar-refractivity contribution is 0.112. The quantitative estimate of drug-likeness (QED) is 0.820. The maximum absolute atomic E-state index is 12.1. The maximum Gasteiger partial charge on any atom is 0.319 e. The van der Waals surface area contributed by atoms with Crippen molar-refractivity contribution in [1.82, 2.24) is 5.32 Å². The highest BCUT2D eigenvalue weighted by atomic mass is 32.2. The van der Waals surface area contributed by atoms with E-state index in [-0.39, 0.29) is 17.9 Å². The molecule has 2 heterocycles. The Morgan fingerprint density at radius 2 is 2.24 bits per heavy atom. The minimum atomic E-state index is -3.28. The smallest absolute Gasteiger partial charge is 0.319 e. The highest BCUT2D eigenvalue weighted by molar-refractivity contribution is 7.93. The van der Waals surface area contributed by atoms with Gasteiger partial charge in [0.05, 0.1) is 30.3 Å². The molecule has 2 saturated heterocycles. The van der Waals surface area contributed by atoms with Crippen molar-refractivity contribution >= 4 is 27.4 Å². The van der Waals surface area contributed by atoms with Gasteiger partial charge in [-0.05, 0) is 37.5 Å². The second-order valence-electron chi connectivity index (χ2n) is 6.10. The molecule has 2 aliphatic heterocycles. The molecule has 0 spiro atoms. The molecule has 1 atom stereocenters. The minimum Gasteiger partial charge on any atom is -0.495 e. The van der Waals surface area contributed by atoms with Gasteiger partial charge in [0.25, 0.3) is 0 Å². The molecule has 0 saturated carbocycles. The van der Waals surface area contributed by atoms with Crippen molar-refractivity contribution < 1.29 is 22.7 Å². The number of benzene rings is 1. The van der Waals surface area contributed by atoms with Crippen LogP contribution < -0.4 is 19.7 Å². The van der Waals surface area contributed by atoms with Gasteiger partial charge in [-0.25, -0.2) is 13.2 Å². The van der Waals surface area contributed by atoms with Gasteiger partial charge in [-0.1, -0.05) is 0 Å². The SMILES string of the molecule is COc1ccc(N2CCCS2(=O)=O)cc1NC(=O)NCC1CCCO1. The Morgan fingerprint density at radius 1 is 1.40 bits per heavy atom. The number of nitrogens with one attached hydrogen (secondary N) is 2. The molecule has 25 heavy (non-hydrogen) atoms. The van der Waals surface area contributed by atoms with Crippen molar-refractivity contribution in [2.45, 2.75) is 25.4 Å². The van der Waals surface area contributed by atoms with E-state index >= 15 is 0 Å². The number of hydrogen-bond acceptors (Lipinski definition) is 5. The molecular formula is C16H23N3O5S. The largest absolute Gasteiger partial charge is 0.495 e.